The van der Waals surface area contributed by atoms with Crippen molar-refractivity contribution in [2.75, 3.05) is 51.0 Å². The Balaban J connectivity index is 1.55. The smallest absolute Gasteiger partial charge is 0.259 e. The zero-order valence-electron chi connectivity index (χ0n) is 21.4. The number of benzene rings is 2. The molecular weight excluding hydrogens is 526 g/mol. The van der Waals surface area contributed by atoms with Crippen LogP contribution in [0.25, 0.3) is 10.9 Å². The summed E-state index contributed by atoms with van der Waals surface area (Å²) in [6.07, 6.45) is 2.50. The number of rotatable bonds is 12. The number of hydrogen-bond acceptors (Lipinski definition) is 6. The number of halogens is 1. The van der Waals surface area contributed by atoms with Crippen molar-refractivity contribution in [3.63, 3.8) is 0 Å². The first kappa shape index (κ1) is 28.4. The largest absolute Gasteiger partial charge is 0.396 e. The van der Waals surface area contributed by atoms with Gasteiger partial charge in [-0.25, -0.2) is 0 Å². The summed E-state index contributed by atoms with van der Waals surface area (Å²) in [4.78, 5) is 34.2. The van der Waals surface area contributed by atoms with Crippen molar-refractivity contribution >= 4 is 39.2 Å². The summed E-state index contributed by atoms with van der Waals surface area (Å²) in [6, 6.07) is 13.0. The third-order valence-corrected chi connectivity index (χ3v) is 8.33. The molecule has 0 bridgehead atoms. The number of fused-ring (bicyclic) bond motifs is 1. The van der Waals surface area contributed by atoms with Crippen LogP contribution in [0.4, 0.5) is 0 Å². The van der Waals surface area contributed by atoms with E-state index >= 15 is 0 Å². The van der Waals surface area contributed by atoms with Crippen LogP contribution in [-0.2, 0) is 28.6 Å². The Labute approximate surface area is 230 Å². The Bertz CT molecular complexity index is 1310. The lowest BCUT2D eigenvalue weighted by atomic mass is 10.1. The number of aromatic nitrogens is 1. The monoisotopic (exact) mass is 559 g/mol. The predicted molar refractivity (Wildman–Crippen MR) is 151 cm³/mol. The van der Waals surface area contributed by atoms with Crippen LogP contribution >= 0.6 is 11.6 Å². The molecule has 204 valence electrons. The average Bonchev–Trinajstić information content (AvgIpc) is 2.93. The summed E-state index contributed by atoms with van der Waals surface area (Å²) in [7, 11) is -1.07. The molecule has 38 heavy (non-hydrogen) atoms. The van der Waals surface area contributed by atoms with Gasteiger partial charge < -0.3 is 19.7 Å². The van der Waals surface area contributed by atoms with E-state index in [9.17, 15) is 13.8 Å². The SMILES string of the molecule is O=C(c1c[nH]c2ccc(CN3CCOCC3)cc2c1=O)N(CCCS(=O)CCCO)Cc1ccc(Cl)cc1. The van der Waals surface area contributed by atoms with E-state index < -0.39 is 10.8 Å². The molecule has 1 unspecified atom stereocenters. The van der Waals surface area contributed by atoms with Crippen LogP contribution in [0.5, 0.6) is 0 Å². The number of hydrogen-bond donors (Lipinski definition) is 2. The van der Waals surface area contributed by atoms with Gasteiger partial charge in [-0.2, -0.15) is 0 Å². The molecule has 2 aromatic carbocycles. The normalized spacial score (nSPS) is 15.0. The standard InChI is InChI=1S/C28H34ClN3O5S/c29-23-6-3-21(4-7-23)20-32(9-1-15-38(36)16-2-12-33)28(35)25-18-30-26-8-5-22(17-24(26)27(25)34)19-31-10-13-37-14-11-31/h3-8,17-18,33H,1-2,9-16,19-20H2,(H,30,34). The highest BCUT2D eigenvalue weighted by Gasteiger charge is 2.21. The number of pyridine rings is 1. The van der Waals surface area contributed by atoms with E-state index in [0.717, 1.165) is 24.2 Å². The van der Waals surface area contributed by atoms with Gasteiger partial charge in [-0.3, -0.25) is 18.7 Å². The van der Waals surface area contributed by atoms with Crippen LogP contribution in [0.3, 0.4) is 0 Å². The molecule has 1 aliphatic heterocycles. The van der Waals surface area contributed by atoms with Gasteiger partial charge in [0.2, 0.25) is 5.43 Å². The van der Waals surface area contributed by atoms with Crippen molar-refractivity contribution in [3.05, 3.63) is 80.6 Å². The van der Waals surface area contributed by atoms with Gasteiger partial charge in [-0.05, 0) is 48.2 Å². The maximum atomic E-state index is 13.7. The molecule has 0 saturated carbocycles. The minimum Gasteiger partial charge on any atom is -0.396 e. The van der Waals surface area contributed by atoms with E-state index in [1.165, 1.54) is 6.20 Å². The Hall–Kier alpha value is -2.56. The number of aliphatic hydroxyl groups is 1. The first-order chi connectivity index (χ1) is 18.4. The second kappa shape index (κ2) is 14.0. The van der Waals surface area contributed by atoms with Crippen LogP contribution in [0.2, 0.25) is 5.02 Å². The minimum absolute atomic E-state index is 0.00577. The molecule has 2 heterocycles. The van der Waals surface area contributed by atoms with E-state index in [1.807, 2.05) is 30.3 Å². The van der Waals surface area contributed by atoms with Crippen LogP contribution in [0, 0.1) is 0 Å². The number of amides is 1. The van der Waals surface area contributed by atoms with Gasteiger partial charge in [0.1, 0.15) is 5.56 Å². The summed E-state index contributed by atoms with van der Waals surface area (Å²) in [5.74, 6) is 0.477. The third kappa shape index (κ3) is 7.74. The fraction of sp³-hybridized carbons (Fsp3) is 0.429. The Kier molecular flexibility index (Phi) is 10.5. The van der Waals surface area contributed by atoms with E-state index in [4.69, 9.17) is 21.4 Å². The van der Waals surface area contributed by atoms with Gasteiger partial charge in [0.15, 0.2) is 0 Å². The van der Waals surface area contributed by atoms with Crippen LogP contribution in [0.15, 0.2) is 53.5 Å². The molecule has 0 aliphatic carbocycles. The van der Waals surface area contributed by atoms with Gasteiger partial charge in [0, 0.05) is 83.8 Å². The molecule has 1 aromatic heterocycles. The van der Waals surface area contributed by atoms with E-state index in [0.29, 0.717) is 73.1 Å². The van der Waals surface area contributed by atoms with E-state index in [-0.39, 0.29) is 23.5 Å². The Morgan fingerprint density at radius 3 is 2.53 bits per heavy atom. The minimum atomic E-state index is -1.07. The van der Waals surface area contributed by atoms with Crippen molar-refractivity contribution < 1.29 is 18.8 Å². The van der Waals surface area contributed by atoms with E-state index in [1.54, 1.807) is 17.0 Å². The zero-order chi connectivity index (χ0) is 26.9. The fourth-order valence-corrected chi connectivity index (χ4v) is 5.75. The lowest BCUT2D eigenvalue weighted by Crippen LogP contribution is -2.36. The van der Waals surface area contributed by atoms with Crippen LogP contribution < -0.4 is 5.43 Å². The second-order valence-electron chi connectivity index (χ2n) is 9.43. The van der Waals surface area contributed by atoms with Crippen molar-refractivity contribution in [3.8, 4) is 0 Å². The number of carbonyl (C=O) groups is 1. The van der Waals surface area contributed by atoms with E-state index in [2.05, 4.69) is 9.88 Å². The molecule has 3 aromatic rings. The summed E-state index contributed by atoms with van der Waals surface area (Å²) >= 11 is 6.03. The molecule has 4 rings (SSSR count). The van der Waals surface area contributed by atoms with Gasteiger partial charge in [0.25, 0.3) is 5.91 Å². The number of nitrogens with zero attached hydrogens (tertiary/aromatic N) is 2. The molecule has 1 atom stereocenters. The first-order valence-electron chi connectivity index (χ1n) is 12.9. The highest BCUT2D eigenvalue weighted by molar-refractivity contribution is 7.84. The number of aliphatic hydroxyl groups excluding tert-OH is 1. The van der Waals surface area contributed by atoms with Crippen molar-refractivity contribution in [2.45, 2.75) is 25.9 Å². The average molecular weight is 560 g/mol. The number of nitrogens with one attached hydrogen (secondary N) is 1. The molecule has 8 nitrogen and oxygen atoms in total. The van der Waals surface area contributed by atoms with Crippen LogP contribution in [-0.4, -0.2) is 81.0 Å². The number of carbonyl (C=O) groups excluding carboxylic acids is 1. The first-order valence-corrected chi connectivity index (χ1v) is 14.7. The maximum absolute atomic E-state index is 13.7. The highest BCUT2D eigenvalue weighted by atomic mass is 35.5. The topological polar surface area (TPSA) is 103 Å². The lowest BCUT2D eigenvalue weighted by molar-refractivity contribution is 0.0342. The Morgan fingerprint density at radius 2 is 1.79 bits per heavy atom. The second-order valence-corrected chi connectivity index (χ2v) is 11.6. The van der Waals surface area contributed by atoms with Gasteiger partial charge >= 0.3 is 0 Å². The molecule has 0 radical (unpaired) electrons. The van der Waals surface area contributed by atoms with Crippen molar-refractivity contribution in [2.24, 2.45) is 0 Å². The number of H-pyrrole nitrogens is 1. The number of morpholine rings is 1. The highest BCUT2D eigenvalue weighted by Crippen LogP contribution is 2.17. The molecule has 1 amide bonds. The molecular formula is C28H34ClN3O5S. The summed E-state index contributed by atoms with van der Waals surface area (Å²) in [6.45, 7) is 4.46. The van der Waals surface area contributed by atoms with Crippen molar-refractivity contribution in [1.82, 2.24) is 14.8 Å². The molecule has 2 N–H and O–H groups in total. The quantitative estimate of drug-likeness (QED) is 0.353. The summed E-state index contributed by atoms with van der Waals surface area (Å²) in [5.41, 5.74) is 2.35. The van der Waals surface area contributed by atoms with Crippen molar-refractivity contribution in [1.29, 1.82) is 0 Å². The Morgan fingerprint density at radius 1 is 1.08 bits per heavy atom. The van der Waals surface area contributed by atoms with Gasteiger partial charge in [0.05, 0.1) is 13.2 Å². The third-order valence-electron chi connectivity index (χ3n) is 6.59. The lowest BCUT2D eigenvalue weighted by Gasteiger charge is -2.26. The number of aromatic amines is 1. The molecule has 10 heteroatoms. The van der Waals surface area contributed by atoms with Crippen LogP contribution in [0.1, 0.15) is 34.3 Å². The molecule has 1 saturated heterocycles. The van der Waals surface area contributed by atoms with Gasteiger partial charge in [-0.15, -0.1) is 0 Å². The number of ether oxygens (including phenoxy) is 1. The predicted octanol–water partition coefficient (Wildman–Crippen LogP) is 3.18. The maximum Gasteiger partial charge on any atom is 0.259 e. The van der Waals surface area contributed by atoms with Gasteiger partial charge in [-0.1, -0.05) is 29.8 Å². The zero-order valence-corrected chi connectivity index (χ0v) is 22.9. The summed E-state index contributed by atoms with van der Waals surface area (Å²) < 4.78 is 17.6. The molecule has 0 spiro atoms. The molecule has 1 fully saturated rings. The fourth-order valence-electron chi connectivity index (χ4n) is 4.52. The molecule has 1 aliphatic rings. The summed E-state index contributed by atoms with van der Waals surface area (Å²) in [5, 5.41) is 10.1.